The minimum absolute atomic E-state index is 0. The van der Waals surface area contributed by atoms with Gasteiger partial charge < -0.3 is 5.73 Å². The zero-order chi connectivity index (χ0) is 12.3. The first-order valence-corrected chi connectivity index (χ1v) is 7.39. The number of nitrogens with one attached hydrogen (secondary N) is 1. The maximum absolute atomic E-state index is 12.0. The van der Waals surface area contributed by atoms with E-state index >= 15 is 0 Å². The highest BCUT2D eigenvalue weighted by Crippen LogP contribution is 2.19. The zero-order valence-electron chi connectivity index (χ0n) is 10.1. The normalized spacial score (nSPS) is 24.3. The third kappa shape index (κ3) is 3.95. The number of benzene rings is 1. The van der Waals surface area contributed by atoms with Crippen LogP contribution in [0, 0.1) is 0 Å². The van der Waals surface area contributed by atoms with Crippen LogP contribution >= 0.6 is 12.4 Å². The van der Waals surface area contributed by atoms with Crippen LogP contribution in [0.15, 0.2) is 35.2 Å². The van der Waals surface area contributed by atoms with Gasteiger partial charge in [-0.05, 0) is 37.8 Å². The van der Waals surface area contributed by atoms with Crippen LogP contribution in [0.2, 0.25) is 0 Å². The van der Waals surface area contributed by atoms with E-state index in [1.54, 1.807) is 30.3 Å². The van der Waals surface area contributed by atoms with Gasteiger partial charge in [0.25, 0.3) is 0 Å². The van der Waals surface area contributed by atoms with Gasteiger partial charge in [-0.15, -0.1) is 12.4 Å². The minimum atomic E-state index is -3.37. The average molecular weight is 291 g/mol. The van der Waals surface area contributed by atoms with Gasteiger partial charge in [0.1, 0.15) is 0 Å². The summed E-state index contributed by atoms with van der Waals surface area (Å²) >= 11 is 0. The molecule has 0 aliphatic heterocycles. The van der Waals surface area contributed by atoms with Gasteiger partial charge in [-0.25, -0.2) is 13.1 Å². The van der Waals surface area contributed by atoms with Crippen molar-refractivity contribution in [2.24, 2.45) is 5.73 Å². The Kier molecular flexibility index (Phi) is 5.59. The Bertz CT molecular complexity index is 456. The molecule has 1 fully saturated rings. The molecule has 0 radical (unpaired) electrons. The fraction of sp³-hybridized carbons (Fsp3) is 0.500. The summed E-state index contributed by atoms with van der Waals surface area (Å²) in [5.41, 5.74) is 5.79. The van der Waals surface area contributed by atoms with Crippen molar-refractivity contribution < 1.29 is 8.42 Å². The molecule has 0 saturated heterocycles. The number of hydrogen-bond donors (Lipinski definition) is 2. The summed E-state index contributed by atoms with van der Waals surface area (Å²) in [6.07, 6.45) is 3.43. The molecular weight excluding hydrogens is 272 g/mol. The van der Waals surface area contributed by atoms with Gasteiger partial charge in [-0.3, -0.25) is 0 Å². The summed E-state index contributed by atoms with van der Waals surface area (Å²) < 4.78 is 26.8. The molecule has 1 aliphatic rings. The summed E-state index contributed by atoms with van der Waals surface area (Å²) in [5.74, 6) is 0. The molecule has 1 aromatic rings. The summed E-state index contributed by atoms with van der Waals surface area (Å²) in [7, 11) is -3.37. The maximum Gasteiger partial charge on any atom is 0.240 e. The smallest absolute Gasteiger partial charge is 0.240 e. The highest BCUT2D eigenvalue weighted by Gasteiger charge is 2.23. The van der Waals surface area contributed by atoms with E-state index in [0.29, 0.717) is 4.90 Å². The van der Waals surface area contributed by atoms with Gasteiger partial charge in [-0.1, -0.05) is 18.2 Å². The number of halogens is 1. The number of sulfonamides is 1. The fourth-order valence-corrected chi connectivity index (χ4v) is 3.45. The number of hydrogen-bond acceptors (Lipinski definition) is 3. The second kappa shape index (κ2) is 6.52. The lowest BCUT2D eigenvalue weighted by Gasteiger charge is -2.26. The first-order valence-electron chi connectivity index (χ1n) is 5.91. The molecule has 0 atom stereocenters. The highest BCUT2D eigenvalue weighted by atomic mass is 35.5. The molecule has 3 N–H and O–H groups in total. The van der Waals surface area contributed by atoms with Crippen LogP contribution in [0.1, 0.15) is 25.7 Å². The Hall–Kier alpha value is -0.620. The van der Waals surface area contributed by atoms with Crippen molar-refractivity contribution in [2.45, 2.75) is 42.7 Å². The molecule has 0 amide bonds. The van der Waals surface area contributed by atoms with Gasteiger partial charge >= 0.3 is 0 Å². The predicted molar refractivity (Wildman–Crippen MR) is 74.2 cm³/mol. The lowest BCUT2D eigenvalue weighted by molar-refractivity contribution is 0.373. The van der Waals surface area contributed by atoms with E-state index in [1.807, 2.05) is 0 Å². The van der Waals surface area contributed by atoms with Crippen LogP contribution in [-0.2, 0) is 10.0 Å². The van der Waals surface area contributed by atoms with Crippen molar-refractivity contribution in [1.29, 1.82) is 0 Å². The molecule has 1 saturated carbocycles. The monoisotopic (exact) mass is 290 g/mol. The fourth-order valence-electron chi connectivity index (χ4n) is 2.12. The molecule has 1 aliphatic carbocycles. The van der Waals surface area contributed by atoms with E-state index in [4.69, 9.17) is 5.73 Å². The topological polar surface area (TPSA) is 72.2 Å². The third-order valence-electron chi connectivity index (χ3n) is 3.15. The zero-order valence-corrected chi connectivity index (χ0v) is 11.7. The summed E-state index contributed by atoms with van der Waals surface area (Å²) in [6.45, 7) is 0. The second-order valence-corrected chi connectivity index (χ2v) is 6.26. The standard InChI is InChI=1S/C12H18N2O2S.ClH/c13-10-6-8-11(9-7-10)14-17(15,16)12-4-2-1-3-5-12;/h1-5,10-11,14H,6-9,13H2;1H. The summed E-state index contributed by atoms with van der Waals surface area (Å²) in [5, 5.41) is 0. The van der Waals surface area contributed by atoms with Crippen molar-refractivity contribution >= 4 is 22.4 Å². The van der Waals surface area contributed by atoms with Crippen molar-refractivity contribution in [2.75, 3.05) is 0 Å². The largest absolute Gasteiger partial charge is 0.328 e. The lowest BCUT2D eigenvalue weighted by atomic mass is 9.93. The van der Waals surface area contributed by atoms with Crippen LogP contribution in [-0.4, -0.2) is 20.5 Å². The Morgan fingerprint density at radius 2 is 1.61 bits per heavy atom. The van der Waals surface area contributed by atoms with Crippen molar-refractivity contribution in [3.8, 4) is 0 Å². The highest BCUT2D eigenvalue weighted by molar-refractivity contribution is 7.89. The molecular formula is C12H19ClN2O2S. The molecule has 0 unspecified atom stereocenters. The van der Waals surface area contributed by atoms with Gasteiger partial charge in [0, 0.05) is 12.1 Å². The molecule has 0 aromatic heterocycles. The van der Waals surface area contributed by atoms with E-state index < -0.39 is 10.0 Å². The Morgan fingerprint density at radius 3 is 2.17 bits per heavy atom. The summed E-state index contributed by atoms with van der Waals surface area (Å²) in [6, 6.07) is 8.73. The van der Waals surface area contributed by atoms with E-state index in [1.165, 1.54) is 0 Å². The molecule has 102 valence electrons. The van der Waals surface area contributed by atoms with E-state index in [-0.39, 0.29) is 24.5 Å². The average Bonchev–Trinajstić information content (AvgIpc) is 2.33. The van der Waals surface area contributed by atoms with Crippen LogP contribution in [0.5, 0.6) is 0 Å². The summed E-state index contributed by atoms with van der Waals surface area (Å²) in [4.78, 5) is 0.329. The molecule has 0 heterocycles. The van der Waals surface area contributed by atoms with Gasteiger partial charge in [0.15, 0.2) is 0 Å². The van der Waals surface area contributed by atoms with Gasteiger partial charge in [0.2, 0.25) is 10.0 Å². The first-order chi connectivity index (χ1) is 8.08. The van der Waals surface area contributed by atoms with E-state index in [2.05, 4.69) is 4.72 Å². The quantitative estimate of drug-likeness (QED) is 0.889. The molecule has 1 aromatic carbocycles. The van der Waals surface area contributed by atoms with Gasteiger partial charge in [0.05, 0.1) is 4.90 Å². The van der Waals surface area contributed by atoms with E-state index in [9.17, 15) is 8.42 Å². The SMILES string of the molecule is Cl.NC1CCC(NS(=O)(=O)c2ccccc2)CC1. The Morgan fingerprint density at radius 1 is 1.06 bits per heavy atom. The third-order valence-corrected chi connectivity index (χ3v) is 4.68. The Balaban J connectivity index is 0.00000162. The maximum atomic E-state index is 12.0. The van der Waals surface area contributed by atoms with E-state index in [0.717, 1.165) is 25.7 Å². The van der Waals surface area contributed by atoms with Crippen LogP contribution in [0.3, 0.4) is 0 Å². The van der Waals surface area contributed by atoms with Gasteiger partial charge in [-0.2, -0.15) is 0 Å². The number of rotatable bonds is 3. The van der Waals surface area contributed by atoms with Crippen LogP contribution in [0.25, 0.3) is 0 Å². The number of nitrogens with two attached hydrogens (primary N) is 1. The molecule has 0 spiro atoms. The second-order valence-electron chi connectivity index (χ2n) is 4.55. The molecule has 2 rings (SSSR count). The molecule has 6 heteroatoms. The predicted octanol–water partition coefficient (Wildman–Crippen LogP) is 1.66. The van der Waals surface area contributed by atoms with Crippen molar-refractivity contribution in [1.82, 2.24) is 4.72 Å². The first kappa shape index (κ1) is 15.4. The molecule has 4 nitrogen and oxygen atoms in total. The van der Waals surface area contributed by atoms with Crippen molar-refractivity contribution in [3.05, 3.63) is 30.3 Å². The minimum Gasteiger partial charge on any atom is -0.328 e. The van der Waals surface area contributed by atoms with Crippen LogP contribution in [0.4, 0.5) is 0 Å². The van der Waals surface area contributed by atoms with Crippen LogP contribution < -0.4 is 10.5 Å². The molecule has 0 bridgehead atoms. The lowest BCUT2D eigenvalue weighted by Crippen LogP contribution is -2.40. The van der Waals surface area contributed by atoms with Crippen molar-refractivity contribution in [3.63, 3.8) is 0 Å². The molecule has 18 heavy (non-hydrogen) atoms. The Labute approximate surface area is 114 Å².